The van der Waals surface area contributed by atoms with E-state index >= 15 is 0 Å². The lowest BCUT2D eigenvalue weighted by Crippen LogP contribution is -2.49. The summed E-state index contributed by atoms with van der Waals surface area (Å²) in [5, 5.41) is 2.95. The van der Waals surface area contributed by atoms with Crippen LogP contribution in [0.3, 0.4) is 0 Å². The first-order chi connectivity index (χ1) is 18.0. The zero-order valence-corrected chi connectivity index (χ0v) is 24.7. The molecule has 1 aliphatic heterocycles. The normalized spacial score (nSPS) is 14.3. The van der Waals surface area contributed by atoms with Gasteiger partial charge in [0.25, 0.3) is 0 Å². The third kappa shape index (κ3) is 8.10. The molecule has 1 aliphatic rings. The van der Waals surface area contributed by atoms with E-state index in [1.807, 2.05) is 38.1 Å². The molecule has 0 fully saturated rings. The molecule has 9 nitrogen and oxygen atoms in total. The van der Waals surface area contributed by atoms with Crippen molar-refractivity contribution in [3.8, 4) is 11.5 Å². The van der Waals surface area contributed by atoms with E-state index in [0.29, 0.717) is 30.4 Å². The number of hydrogen-bond acceptors (Lipinski definition) is 6. The third-order valence-electron chi connectivity index (χ3n) is 6.38. The van der Waals surface area contributed by atoms with Crippen LogP contribution in [0.25, 0.3) is 0 Å². The van der Waals surface area contributed by atoms with Gasteiger partial charge in [-0.05, 0) is 56.5 Å². The van der Waals surface area contributed by atoms with Crippen LogP contribution in [0.5, 0.6) is 11.5 Å². The Bertz CT molecular complexity index is 1240. The van der Waals surface area contributed by atoms with Gasteiger partial charge in [-0.2, -0.15) is 0 Å². The van der Waals surface area contributed by atoms with E-state index in [2.05, 4.69) is 21.2 Å². The fraction of sp³-hybridized carbons (Fsp3) is 0.481. The number of amides is 2. The molecular formula is C27H36BrN3O6S. The Hall–Kier alpha value is -2.79. The van der Waals surface area contributed by atoms with Crippen LogP contribution < -0.4 is 19.1 Å². The highest BCUT2D eigenvalue weighted by molar-refractivity contribution is 9.10. The van der Waals surface area contributed by atoms with E-state index < -0.39 is 16.1 Å². The Morgan fingerprint density at radius 1 is 1.08 bits per heavy atom. The minimum absolute atomic E-state index is 0.0120. The number of rotatable bonds is 12. The maximum Gasteiger partial charge on any atom is 0.242 e. The number of fused-ring (bicyclic) bond motifs is 1. The van der Waals surface area contributed by atoms with Crippen LogP contribution in [0.4, 0.5) is 5.69 Å². The smallest absolute Gasteiger partial charge is 0.242 e. The molecule has 0 saturated heterocycles. The van der Waals surface area contributed by atoms with Gasteiger partial charge in [-0.25, -0.2) is 8.42 Å². The Labute approximate surface area is 233 Å². The molecule has 0 radical (unpaired) electrons. The minimum Gasteiger partial charge on any atom is -0.486 e. The number of ether oxygens (including phenoxy) is 2. The van der Waals surface area contributed by atoms with Gasteiger partial charge in [0, 0.05) is 36.1 Å². The average Bonchev–Trinajstić information content (AvgIpc) is 2.88. The number of nitrogens with zero attached hydrogens (tertiary/aromatic N) is 2. The highest BCUT2D eigenvalue weighted by atomic mass is 79.9. The molecule has 38 heavy (non-hydrogen) atoms. The van der Waals surface area contributed by atoms with Crippen molar-refractivity contribution in [2.75, 3.05) is 30.3 Å². The number of halogens is 1. The fourth-order valence-electron chi connectivity index (χ4n) is 4.07. The van der Waals surface area contributed by atoms with Crippen molar-refractivity contribution < 1.29 is 27.5 Å². The lowest BCUT2D eigenvalue weighted by Gasteiger charge is -2.30. The summed E-state index contributed by atoms with van der Waals surface area (Å²) in [4.78, 5) is 27.9. The van der Waals surface area contributed by atoms with Crippen LogP contribution in [0.2, 0.25) is 0 Å². The summed E-state index contributed by atoms with van der Waals surface area (Å²) in [5.74, 6) is 0.598. The molecule has 0 spiro atoms. The SMILES string of the molecule is CC[C@@H](C)NC(=O)[C@@H](C)N(Cc1cccc(Br)c1)C(=O)CCCN(c1ccc2c(c1)OCCO2)S(C)(=O)=O. The maximum absolute atomic E-state index is 13.4. The standard InChI is InChI=1S/C27H36BrN3O6S/c1-5-19(2)29-27(33)20(3)30(18-21-8-6-9-22(28)16-21)26(32)10-7-13-31(38(4,34)35)23-11-12-24-25(17-23)37-15-14-36-24/h6,8-9,11-12,16-17,19-20H,5,7,10,13-15,18H2,1-4H3,(H,29,33)/t19-,20-/m1/s1. The molecule has 208 valence electrons. The molecule has 0 bridgehead atoms. The van der Waals surface area contributed by atoms with Crippen molar-refractivity contribution in [2.24, 2.45) is 0 Å². The average molecular weight is 611 g/mol. The van der Waals surface area contributed by atoms with Gasteiger partial charge in [-0.15, -0.1) is 0 Å². The second kappa shape index (κ2) is 13.3. The topological polar surface area (TPSA) is 105 Å². The number of anilines is 1. The molecule has 2 aromatic carbocycles. The largest absolute Gasteiger partial charge is 0.486 e. The first-order valence-electron chi connectivity index (χ1n) is 12.7. The lowest BCUT2D eigenvalue weighted by molar-refractivity contribution is -0.140. The molecule has 0 aromatic heterocycles. The van der Waals surface area contributed by atoms with E-state index in [-0.39, 0.29) is 43.8 Å². The molecule has 2 aromatic rings. The first kappa shape index (κ1) is 29.8. The highest BCUT2D eigenvalue weighted by Gasteiger charge is 2.27. The number of hydrogen-bond donors (Lipinski definition) is 1. The molecule has 0 aliphatic carbocycles. The van der Waals surface area contributed by atoms with Crippen LogP contribution in [-0.4, -0.2) is 63.2 Å². The van der Waals surface area contributed by atoms with Crippen molar-refractivity contribution in [2.45, 2.75) is 58.7 Å². The van der Waals surface area contributed by atoms with Crippen LogP contribution in [0.15, 0.2) is 46.9 Å². The van der Waals surface area contributed by atoms with Crippen molar-refractivity contribution in [3.63, 3.8) is 0 Å². The van der Waals surface area contributed by atoms with Gasteiger partial charge >= 0.3 is 0 Å². The second-order valence-corrected chi connectivity index (χ2v) is 12.2. The summed E-state index contributed by atoms with van der Waals surface area (Å²) in [6.07, 6.45) is 2.26. The highest BCUT2D eigenvalue weighted by Crippen LogP contribution is 2.34. The zero-order chi connectivity index (χ0) is 27.9. The van der Waals surface area contributed by atoms with Crippen molar-refractivity contribution in [1.29, 1.82) is 0 Å². The Kier molecular flexibility index (Phi) is 10.4. The molecule has 1 heterocycles. The quantitative estimate of drug-likeness (QED) is 0.388. The van der Waals surface area contributed by atoms with E-state index in [4.69, 9.17) is 9.47 Å². The Morgan fingerprint density at radius 2 is 1.79 bits per heavy atom. The molecular weight excluding hydrogens is 574 g/mol. The number of carbonyl (C=O) groups excluding carboxylic acids is 2. The summed E-state index contributed by atoms with van der Waals surface area (Å²) in [7, 11) is -3.62. The Balaban J connectivity index is 1.74. The third-order valence-corrected chi connectivity index (χ3v) is 8.06. The van der Waals surface area contributed by atoms with Crippen LogP contribution in [0.1, 0.15) is 45.6 Å². The molecule has 2 amide bonds. The number of benzene rings is 2. The van der Waals surface area contributed by atoms with Gasteiger partial charge < -0.3 is 19.7 Å². The lowest BCUT2D eigenvalue weighted by atomic mass is 10.1. The monoisotopic (exact) mass is 609 g/mol. The summed E-state index contributed by atoms with van der Waals surface area (Å²) in [6.45, 7) is 6.80. The summed E-state index contributed by atoms with van der Waals surface area (Å²) < 4.78 is 38.5. The number of carbonyl (C=O) groups is 2. The van der Waals surface area contributed by atoms with E-state index in [9.17, 15) is 18.0 Å². The van der Waals surface area contributed by atoms with Crippen molar-refractivity contribution in [1.82, 2.24) is 10.2 Å². The van der Waals surface area contributed by atoms with Gasteiger partial charge in [0.2, 0.25) is 21.8 Å². The predicted molar refractivity (Wildman–Crippen MR) is 151 cm³/mol. The van der Waals surface area contributed by atoms with Gasteiger partial charge in [-0.3, -0.25) is 13.9 Å². The Morgan fingerprint density at radius 3 is 2.45 bits per heavy atom. The zero-order valence-electron chi connectivity index (χ0n) is 22.3. The van der Waals surface area contributed by atoms with Gasteiger partial charge in [0.15, 0.2) is 11.5 Å². The molecule has 3 rings (SSSR count). The molecule has 0 saturated carbocycles. The van der Waals surface area contributed by atoms with Gasteiger partial charge in [0.05, 0.1) is 11.9 Å². The molecule has 11 heteroatoms. The minimum atomic E-state index is -3.62. The van der Waals surface area contributed by atoms with Gasteiger partial charge in [-0.1, -0.05) is 35.0 Å². The van der Waals surface area contributed by atoms with Crippen molar-refractivity contribution >= 4 is 43.5 Å². The maximum atomic E-state index is 13.4. The van der Waals surface area contributed by atoms with Gasteiger partial charge in [0.1, 0.15) is 19.3 Å². The second-order valence-electron chi connectivity index (χ2n) is 9.41. The van der Waals surface area contributed by atoms with Crippen LogP contribution >= 0.6 is 15.9 Å². The van der Waals surface area contributed by atoms with E-state index in [1.165, 1.54) is 4.31 Å². The van der Waals surface area contributed by atoms with Crippen molar-refractivity contribution in [3.05, 3.63) is 52.5 Å². The molecule has 0 unspecified atom stereocenters. The number of sulfonamides is 1. The summed E-state index contributed by atoms with van der Waals surface area (Å²) >= 11 is 3.46. The summed E-state index contributed by atoms with van der Waals surface area (Å²) in [6, 6.07) is 11.9. The van der Waals surface area contributed by atoms with E-state index in [0.717, 1.165) is 22.7 Å². The fourth-order valence-corrected chi connectivity index (χ4v) is 5.48. The number of nitrogens with one attached hydrogen (secondary N) is 1. The van der Waals surface area contributed by atoms with Crippen LogP contribution in [0, 0.1) is 0 Å². The van der Waals surface area contributed by atoms with E-state index in [1.54, 1.807) is 30.0 Å². The first-order valence-corrected chi connectivity index (χ1v) is 15.4. The van der Waals surface area contributed by atoms with Crippen LogP contribution in [-0.2, 0) is 26.2 Å². The molecule has 2 atom stereocenters. The predicted octanol–water partition coefficient (Wildman–Crippen LogP) is 4.10. The summed E-state index contributed by atoms with van der Waals surface area (Å²) in [5.41, 5.74) is 1.32. The molecule has 1 N–H and O–H groups in total.